The van der Waals surface area contributed by atoms with Crippen molar-refractivity contribution in [1.29, 1.82) is 0 Å². The molecule has 13 heavy (non-hydrogen) atoms. The van der Waals surface area contributed by atoms with Crippen LogP contribution in [0.3, 0.4) is 0 Å². The van der Waals surface area contributed by atoms with Gasteiger partial charge in [0.05, 0.1) is 0 Å². The lowest BCUT2D eigenvalue weighted by atomic mass is 9.99. The molecule has 0 heterocycles. The van der Waals surface area contributed by atoms with Gasteiger partial charge in [-0.2, -0.15) is 0 Å². The molecule has 0 radical (unpaired) electrons. The van der Waals surface area contributed by atoms with Gasteiger partial charge < -0.3 is 10.6 Å². The Hall–Kier alpha value is -0.730. The minimum Gasteiger partial charge on any atom is -0.336 e. The number of carbonyl (C=O) groups excluding carboxylic acids is 1. The van der Waals surface area contributed by atoms with Crippen LogP contribution in [0.1, 0.15) is 40.5 Å². The van der Waals surface area contributed by atoms with Crippen LogP contribution in [0.4, 0.5) is 4.79 Å². The molecular weight excluding hydrogens is 164 g/mol. The Morgan fingerprint density at radius 3 is 2.31 bits per heavy atom. The lowest BCUT2D eigenvalue weighted by Crippen LogP contribution is -2.51. The monoisotopic (exact) mass is 184 g/mol. The van der Waals surface area contributed by atoms with Crippen LogP contribution in [0.25, 0.3) is 0 Å². The Kier molecular flexibility index (Phi) is 2.84. The molecule has 76 valence electrons. The molecule has 1 rings (SSSR count). The summed E-state index contributed by atoms with van der Waals surface area (Å²) in [5.74, 6) is 0.672. The van der Waals surface area contributed by atoms with Gasteiger partial charge in [0.2, 0.25) is 0 Å². The van der Waals surface area contributed by atoms with Crippen LogP contribution < -0.4 is 10.6 Å². The van der Waals surface area contributed by atoms with Crippen LogP contribution in [-0.2, 0) is 0 Å². The Morgan fingerprint density at radius 2 is 1.92 bits per heavy atom. The molecule has 2 amide bonds. The van der Waals surface area contributed by atoms with Gasteiger partial charge in [0, 0.05) is 11.6 Å². The van der Waals surface area contributed by atoms with Gasteiger partial charge in [0.15, 0.2) is 0 Å². The minimum atomic E-state index is -0.0492. The van der Waals surface area contributed by atoms with Gasteiger partial charge in [-0.05, 0) is 46.5 Å². The molecule has 3 nitrogen and oxygen atoms in total. The number of hydrogen-bond donors (Lipinski definition) is 2. The predicted octanol–water partition coefficient (Wildman–Crippen LogP) is 1.88. The summed E-state index contributed by atoms with van der Waals surface area (Å²) in [7, 11) is 0. The van der Waals surface area contributed by atoms with E-state index in [9.17, 15) is 4.79 Å². The quantitative estimate of drug-likeness (QED) is 0.691. The number of carbonyl (C=O) groups is 1. The Bertz CT molecular complexity index is 195. The third kappa shape index (κ3) is 3.25. The highest BCUT2D eigenvalue weighted by molar-refractivity contribution is 5.75. The molecule has 0 spiro atoms. The molecule has 3 heteroatoms. The van der Waals surface area contributed by atoms with Crippen molar-refractivity contribution in [2.75, 3.05) is 0 Å². The first-order chi connectivity index (χ1) is 5.92. The van der Waals surface area contributed by atoms with Gasteiger partial charge in [-0.1, -0.05) is 0 Å². The average Bonchev–Trinajstić information content (AvgIpc) is 2.60. The molecular formula is C10H20N2O. The maximum absolute atomic E-state index is 11.4. The molecule has 0 aliphatic heterocycles. The number of nitrogens with one attached hydrogen (secondary N) is 2. The van der Waals surface area contributed by atoms with Crippen molar-refractivity contribution >= 4 is 6.03 Å². The average molecular weight is 184 g/mol. The van der Waals surface area contributed by atoms with Crippen LogP contribution in [0.15, 0.2) is 0 Å². The Labute approximate surface area is 80.3 Å². The van der Waals surface area contributed by atoms with Crippen molar-refractivity contribution in [3.63, 3.8) is 0 Å². The molecule has 0 aromatic carbocycles. The van der Waals surface area contributed by atoms with E-state index in [4.69, 9.17) is 0 Å². The third-order valence-electron chi connectivity index (χ3n) is 2.45. The zero-order valence-electron chi connectivity index (χ0n) is 8.98. The second-order valence-corrected chi connectivity index (χ2v) is 4.75. The fourth-order valence-electron chi connectivity index (χ4n) is 1.50. The summed E-state index contributed by atoms with van der Waals surface area (Å²) in [4.78, 5) is 11.4. The summed E-state index contributed by atoms with van der Waals surface area (Å²) in [6.45, 7) is 8.10. The van der Waals surface area contributed by atoms with Crippen molar-refractivity contribution in [1.82, 2.24) is 10.6 Å². The molecule has 1 saturated carbocycles. The van der Waals surface area contributed by atoms with E-state index in [2.05, 4.69) is 24.5 Å². The second kappa shape index (κ2) is 3.56. The van der Waals surface area contributed by atoms with Gasteiger partial charge in [-0.25, -0.2) is 4.79 Å². The van der Waals surface area contributed by atoms with Crippen LogP contribution in [0, 0.1) is 5.92 Å². The largest absolute Gasteiger partial charge is 0.336 e. The van der Waals surface area contributed by atoms with E-state index in [0.717, 1.165) is 0 Å². The Balaban J connectivity index is 2.33. The lowest BCUT2D eigenvalue weighted by Gasteiger charge is -2.26. The molecule has 0 saturated heterocycles. The summed E-state index contributed by atoms with van der Waals surface area (Å²) in [5, 5.41) is 5.83. The van der Waals surface area contributed by atoms with E-state index in [1.54, 1.807) is 0 Å². The van der Waals surface area contributed by atoms with E-state index >= 15 is 0 Å². The SMILES string of the molecule is CC(C)NC(=O)NC(C)(C)C1CC1. The maximum atomic E-state index is 11.4. The van der Waals surface area contributed by atoms with Crippen LogP contribution in [-0.4, -0.2) is 17.6 Å². The van der Waals surface area contributed by atoms with Crippen LogP contribution in [0.2, 0.25) is 0 Å². The molecule has 2 N–H and O–H groups in total. The summed E-state index contributed by atoms with van der Waals surface area (Å²) in [5.41, 5.74) is -0.0427. The molecule has 0 aromatic rings. The maximum Gasteiger partial charge on any atom is 0.315 e. The van der Waals surface area contributed by atoms with Crippen molar-refractivity contribution in [2.45, 2.75) is 52.1 Å². The highest BCUT2D eigenvalue weighted by atomic mass is 16.2. The smallest absolute Gasteiger partial charge is 0.315 e. The van der Waals surface area contributed by atoms with Crippen LogP contribution in [0.5, 0.6) is 0 Å². The van der Waals surface area contributed by atoms with Crippen molar-refractivity contribution in [3.8, 4) is 0 Å². The molecule has 1 aliphatic rings. The first-order valence-electron chi connectivity index (χ1n) is 5.00. The Morgan fingerprint density at radius 1 is 1.38 bits per heavy atom. The standard InChI is InChI=1S/C10H20N2O/c1-7(2)11-9(13)12-10(3,4)8-5-6-8/h7-8H,5-6H2,1-4H3,(H2,11,12,13). The fourth-order valence-corrected chi connectivity index (χ4v) is 1.50. The summed E-state index contributed by atoms with van der Waals surface area (Å²) in [6.07, 6.45) is 2.49. The van der Waals surface area contributed by atoms with Gasteiger partial charge in [0.1, 0.15) is 0 Å². The number of hydrogen-bond acceptors (Lipinski definition) is 1. The van der Waals surface area contributed by atoms with E-state index in [1.165, 1.54) is 12.8 Å². The molecule has 1 fully saturated rings. The molecule has 0 unspecified atom stereocenters. The lowest BCUT2D eigenvalue weighted by molar-refractivity contribution is 0.223. The van der Waals surface area contributed by atoms with E-state index in [-0.39, 0.29) is 17.6 Å². The molecule has 1 aliphatic carbocycles. The van der Waals surface area contributed by atoms with Gasteiger partial charge in [-0.15, -0.1) is 0 Å². The van der Waals surface area contributed by atoms with E-state index in [0.29, 0.717) is 5.92 Å². The van der Waals surface area contributed by atoms with Gasteiger partial charge in [0.25, 0.3) is 0 Å². The van der Waals surface area contributed by atoms with Crippen molar-refractivity contribution in [3.05, 3.63) is 0 Å². The topological polar surface area (TPSA) is 41.1 Å². The minimum absolute atomic E-state index is 0.0427. The normalized spacial score (nSPS) is 17.3. The van der Waals surface area contributed by atoms with E-state index in [1.807, 2.05) is 13.8 Å². The molecule has 0 aromatic heterocycles. The highest BCUT2D eigenvalue weighted by Crippen LogP contribution is 2.39. The third-order valence-corrected chi connectivity index (χ3v) is 2.45. The number of amides is 2. The molecule has 0 bridgehead atoms. The zero-order chi connectivity index (χ0) is 10.1. The highest BCUT2D eigenvalue weighted by Gasteiger charge is 2.38. The second-order valence-electron chi connectivity index (χ2n) is 4.75. The first-order valence-corrected chi connectivity index (χ1v) is 5.00. The summed E-state index contributed by atoms with van der Waals surface area (Å²) >= 11 is 0. The molecule has 0 atom stereocenters. The first kappa shape index (κ1) is 10.4. The summed E-state index contributed by atoms with van der Waals surface area (Å²) < 4.78 is 0. The predicted molar refractivity (Wildman–Crippen MR) is 53.6 cm³/mol. The van der Waals surface area contributed by atoms with Gasteiger partial charge >= 0.3 is 6.03 Å². The van der Waals surface area contributed by atoms with Crippen molar-refractivity contribution < 1.29 is 4.79 Å². The summed E-state index contributed by atoms with van der Waals surface area (Å²) in [6, 6.07) is 0.155. The zero-order valence-corrected chi connectivity index (χ0v) is 8.98. The van der Waals surface area contributed by atoms with Gasteiger partial charge in [-0.3, -0.25) is 0 Å². The van der Waals surface area contributed by atoms with Crippen molar-refractivity contribution in [2.24, 2.45) is 5.92 Å². The fraction of sp³-hybridized carbons (Fsp3) is 0.900. The van der Waals surface area contributed by atoms with E-state index < -0.39 is 0 Å². The number of rotatable bonds is 3. The van der Waals surface area contributed by atoms with Crippen LogP contribution >= 0.6 is 0 Å². The number of urea groups is 1.